The van der Waals surface area contributed by atoms with Gasteiger partial charge in [-0.2, -0.15) is 17.5 Å². The quantitative estimate of drug-likeness (QED) is 0.342. The van der Waals surface area contributed by atoms with E-state index in [9.17, 15) is 31.5 Å². The van der Waals surface area contributed by atoms with Crippen molar-refractivity contribution in [3.05, 3.63) is 82.4 Å². The first-order valence-electron chi connectivity index (χ1n) is 12.7. The second-order valence-electron chi connectivity index (χ2n) is 10.1. The molecule has 0 fully saturated rings. The zero-order valence-corrected chi connectivity index (χ0v) is 23.2. The molecule has 3 aromatic carbocycles. The van der Waals surface area contributed by atoms with Crippen LogP contribution < -0.4 is 4.74 Å². The van der Waals surface area contributed by atoms with Gasteiger partial charge in [-0.3, -0.25) is 4.79 Å². The van der Waals surface area contributed by atoms with Crippen molar-refractivity contribution in [3.63, 3.8) is 0 Å². The lowest BCUT2D eigenvalue weighted by molar-refractivity contribution is -0.139. The van der Waals surface area contributed by atoms with Crippen molar-refractivity contribution >= 4 is 27.0 Å². The van der Waals surface area contributed by atoms with Crippen molar-refractivity contribution in [1.29, 1.82) is 0 Å². The molecule has 1 aromatic heterocycles. The average molecular weight is 589 g/mol. The first kappa shape index (κ1) is 28.6. The average Bonchev–Trinajstić information content (AvgIpc) is 3.24. The van der Waals surface area contributed by atoms with Crippen molar-refractivity contribution in [1.82, 2.24) is 19.3 Å². The lowest BCUT2D eigenvalue weighted by atomic mass is 9.84. The highest BCUT2D eigenvalue weighted by atomic mass is 32.2. The van der Waals surface area contributed by atoms with Gasteiger partial charge < -0.3 is 9.84 Å². The molecule has 1 N–H and O–H groups in total. The van der Waals surface area contributed by atoms with Gasteiger partial charge in [0, 0.05) is 19.5 Å². The van der Waals surface area contributed by atoms with E-state index in [2.05, 4.69) is 10.3 Å². The molecule has 0 amide bonds. The van der Waals surface area contributed by atoms with E-state index in [1.54, 1.807) is 43.8 Å². The van der Waals surface area contributed by atoms with Crippen LogP contribution in [0.4, 0.5) is 13.2 Å². The molecule has 9 nitrogen and oxygen atoms in total. The maximum atomic E-state index is 14.2. The molecule has 2 atom stereocenters. The molecule has 0 aliphatic carbocycles. The Morgan fingerprint density at radius 1 is 1.17 bits per heavy atom. The minimum Gasteiger partial charge on any atom is -0.488 e. The van der Waals surface area contributed by atoms with Gasteiger partial charge in [0.05, 0.1) is 24.0 Å². The number of aliphatic carboxylic acids is 1. The van der Waals surface area contributed by atoms with E-state index in [-0.39, 0.29) is 22.8 Å². The monoisotopic (exact) mass is 588 g/mol. The summed E-state index contributed by atoms with van der Waals surface area (Å²) in [6, 6.07) is 12.8. The summed E-state index contributed by atoms with van der Waals surface area (Å²) in [5.41, 5.74) is 1.51. The van der Waals surface area contributed by atoms with Crippen LogP contribution in [-0.4, -0.2) is 51.4 Å². The number of ether oxygens (including phenoxy) is 1. The van der Waals surface area contributed by atoms with Crippen molar-refractivity contribution < 1.29 is 36.2 Å². The highest BCUT2D eigenvalue weighted by Crippen LogP contribution is 2.39. The number of hydrogen-bond acceptors (Lipinski definition) is 6. The molecule has 0 spiro atoms. The number of para-hydroxylation sites is 1. The van der Waals surface area contributed by atoms with Crippen LogP contribution in [0.3, 0.4) is 0 Å². The second kappa shape index (κ2) is 10.5. The molecule has 0 radical (unpaired) electrons. The Balaban J connectivity index is 1.63. The SMILES string of the molecule is Cc1c(C(CC(=O)O)c2ccc(C(F)(F)F)c(CN3CC(C)Oc4ccccc4S3(=O)=O)c2)ccc2c1nnn2C. The van der Waals surface area contributed by atoms with Crippen LogP contribution in [0.2, 0.25) is 0 Å². The van der Waals surface area contributed by atoms with Crippen molar-refractivity contribution in [3.8, 4) is 5.75 Å². The first-order chi connectivity index (χ1) is 19.3. The number of hydrogen-bond donors (Lipinski definition) is 1. The number of carboxylic acids is 1. The van der Waals surface area contributed by atoms with Gasteiger partial charge in [0.2, 0.25) is 10.0 Å². The topological polar surface area (TPSA) is 115 Å². The Hall–Kier alpha value is -3.97. The number of aromatic nitrogens is 3. The maximum Gasteiger partial charge on any atom is 0.416 e. The molecule has 13 heteroatoms. The molecule has 1 aliphatic heterocycles. The number of halogens is 3. The Kier molecular flexibility index (Phi) is 7.28. The highest BCUT2D eigenvalue weighted by Gasteiger charge is 2.38. The summed E-state index contributed by atoms with van der Waals surface area (Å²) in [6.45, 7) is 2.63. The van der Waals surface area contributed by atoms with Crippen LogP contribution in [0, 0.1) is 6.92 Å². The van der Waals surface area contributed by atoms with Crippen LogP contribution in [-0.2, 0) is 34.6 Å². The molecule has 0 saturated carbocycles. The second-order valence-corrected chi connectivity index (χ2v) is 12.0. The molecular formula is C28H27F3N4O5S. The van der Waals surface area contributed by atoms with Crippen molar-refractivity contribution in [2.45, 2.75) is 49.9 Å². The Morgan fingerprint density at radius 2 is 1.90 bits per heavy atom. The lowest BCUT2D eigenvalue weighted by Gasteiger charge is -2.25. The number of sulfonamides is 1. The van der Waals surface area contributed by atoms with Crippen molar-refractivity contribution in [2.75, 3.05) is 6.54 Å². The normalized spacial score (nSPS) is 18.0. The first-order valence-corrected chi connectivity index (χ1v) is 14.2. The Bertz CT molecular complexity index is 1750. The van der Waals surface area contributed by atoms with Gasteiger partial charge in [-0.15, -0.1) is 5.10 Å². The highest BCUT2D eigenvalue weighted by molar-refractivity contribution is 7.89. The molecule has 41 heavy (non-hydrogen) atoms. The minimum atomic E-state index is -4.78. The fourth-order valence-electron chi connectivity index (χ4n) is 5.32. The van der Waals surface area contributed by atoms with Gasteiger partial charge in [-0.1, -0.05) is 35.5 Å². The van der Waals surface area contributed by atoms with Gasteiger partial charge in [-0.05, 0) is 60.4 Å². The number of rotatable bonds is 6. The molecule has 0 bridgehead atoms. The number of alkyl halides is 3. The number of carbonyl (C=O) groups is 1. The largest absolute Gasteiger partial charge is 0.488 e. The third-order valence-corrected chi connectivity index (χ3v) is 9.12. The molecular weight excluding hydrogens is 561 g/mol. The third kappa shape index (κ3) is 5.38. The van der Waals surface area contributed by atoms with E-state index in [1.807, 2.05) is 0 Å². The number of carboxylic acid groups (broad SMARTS) is 1. The standard InChI is InChI=1S/C28H27F3N4O5S/c1-16-14-35(41(38,39)25-7-5-4-6-24(25)40-16)15-19-12-18(8-10-22(19)28(29,30)31)21(13-26(36)37)20-9-11-23-27(17(20)2)32-33-34(23)3/h4-12,16,21H,13-15H2,1-3H3,(H,36,37). The zero-order chi connectivity index (χ0) is 29.7. The number of nitrogens with zero attached hydrogens (tertiary/aromatic N) is 4. The molecule has 2 unspecified atom stereocenters. The fourth-order valence-corrected chi connectivity index (χ4v) is 6.94. The number of benzene rings is 3. The van der Waals surface area contributed by atoms with Gasteiger partial charge in [0.15, 0.2) is 0 Å². The predicted molar refractivity (Wildman–Crippen MR) is 143 cm³/mol. The van der Waals surface area contributed by atoms with E-state index in [4.69, 9.17) is 4.74 Å². The molecule has 4 aromatic rings. The molecule has 5 rings (SSSR count). The lowest BCUT2D eigenvalue weighted by Crippen LogP contribution is -2.36. The van der Waals surface area contributed by atoms with Gasteiger partial charge in [0.1, 0.15) is 22.3 Å². The molecule has 216 valence electrons. The smallest absolute Gasteiger partial charge is 0.416 e. The number of aryl methyl sites for hydroxylation is 2. The molecule has 1 aliphatic rings. The summed E-state index contributed by atoms with van der Waals surface area (Å²) >= 11 is 0. The summed E-state index contributed by atoms with van der Waals surface area (Å²) < 4.78 is 78.0. The van der Waals surface area contributed by atoms with Crippen molar-refractivity contribution in [2.24, 2.45) is 7.05 Å². The van der Waals surface area contributed by atoms with E-state index in [0.29, 0.717) is 22.2 Å². The van der Waals surface area contributed by atoms with E-state index in [1.165, 1.54) is 30.3 Å². The predicted octanol–water partition coefficient (Wildman–Crippen LogP) is 4.87. The van der Waals surface area contributed by atoms with Crippen LogP contribution in [0.15, 0.2) is 59.5 Å². The Labute approximate surface area is 234 Å². The Morgan fingerprint density at radius 3 is 2.61 bits per heavy atom. The minimum absolute atomic E-state index is 0.128. The van der Waals surface area contributed by atoms with E-state index >= 15 is 0 Å². The van der Waals surface area contributed by atoms with E-state index < -0.39 is 52.7 Å². The van der Waals surface area contributed by atoms with Gasteiger partial charge in [-0.25, -0.2) is 13.1 Å². The van der Waals surface area contributed by atoms with Crippen LogP contribution in [0.1, 0.15) is 47.1 Å². The molecule has 2 heterocycles. The van der Waals surface area contributed by atoms with Crippen LogP contribution >= 0.6 is 0 Å². The third-order valence-electron chi connectivity index (χ3n) is 7.27. The summed E-state index contributed by atoms with van der Waals surface area (Å²) in [4.78, 5) is 11.8. The van der Waals surface area contributed by atoms with Crippen LogP contribution in [0.5, 0.6) is 5.75 Å². The summed E-state index contributed by atoms with van der Waals surface area (Å²) in [5, 5.41) is 17.9. The summed E-state index contributed by atoms with van der Waals surface area (Å²) in [7, 11) is -2.50. The fraction of sp³-hybridized carbons (Fsp3) is 0.321. The molecule has 0 saturated heterocycles. The number of fused-ring (bicyclic) bond motifs is 2. The summed E-state index contributed by atoms with van der Waals surface area (Å²) in [5.74, 6) is -1.85. The van der Waals surface area contributed by atoms with Gasteiger partial charge in [0.25, 0.3) is 0 Å². The zero-order valence-electron chi connectivity index (χ0n) is 22.4. The maximum absolute atomic E-state index is 14.2. The van der Waals surface area contributed by atoms with E-state index in [0.717, 1.165) is 15.9 Å². The van der Waals surface area contributed by atoms with Crippen LogP contribution in [0.25, 0.3) is 11.0 Å². The van der Waals surface area contributed by atoms with Gasteiger partial charge >= 0.3 is 12.1 Å². The summed E-state index contributed by atoms with van der Waals surface area (Å²) in [6.07, 6.45) is -5.81.